The van der Waals surface area contributed by atoms with Crippen LogP contribution in [0.2, 0.25) is 0 Å². The molecule has 0 aliphatic rings. The van der Waals surface area contributed by atoms with Gasteiger partial charge in [0.1, 0.15) is 0 Å². The van der Waals surface area contributed by atoms with Crippen LogP contribution < -0.4 is 5.32 Å². The molecule has 0 aliphatic carbocycles. The molecule has 0 fully saturated rings. The van der Waals surface area contributed by atoms with Gasteiger partial charge >= 0.3 is 0 Å². The number of hydrogen-bond donors (Lipinski definition) is 1. The molecule has 1 aromatic carbocycles. The monoisotopic (exact) mass is 272 g/mol. The predicted octanol–water partition coefficient (Wildman–Crippen LogP) is 4.84. The number of rotatable bonds is 9. The minimum Gasteiger partial charge on any atom is -0.309 e. The highest BCUT2D eigenvalue weighted by molar-refractivity contribution is 5.19. The lowest BCUT2D eigenvalue weighted by Gasteiger charge is -2.28. The summed E-state index contributed by atoms with van der Waals surface area (Å²) >= 11 is 0. The third-order valence-corrected chi connectivity index (χ3v) is 3.78. The van der Waals surface area contributed by atoms with Crippen molar-refractivity contribution in [3.05, 3.63) is 35.9 Å². The molecule has 20 heavy (non-hydrogen) atoms. The van der Waals surface area contributed by atoms with E-state index in [4.69, 9.17) is 5.26 Å². The molecule has 0 spiro atoms. The molecule has 1 N–H and O–H groups in total. The predicted molar refractivity (Wildman–Crippen MR) is 85.3 cm³/mol. The standard InChI is InChI=1S/C18H28N2/c1-4-5-9-13-18(2,3)15-20-17(12-14-19)16-10-7-6-8-11-16/h6-8,10-11,17,20H,4-5,9,12-13,15H2,1-3H3. The molecule has 0 saturated carbocycles. The number of nitrogens with one attached hydrogen (secondary N) is 1. The van der Waals surface area contributed by atoms with Crippen molar-refractivity contribution < 1.29 is 0 Å². The smallest absolute Gasteiger partial charge is 0.0641 e. The quantitative estimate of drug-likeness (QED) is 0.653. The van der Waals surface area contributed by atoms with Crippen molar-refractivity contribution in [1.29, 1.82) is 5.26 Å². The van der Waals surface area contributed by atoms with Crippen LogP contribution in [0.5, 0.6) is 0 Å². The van der Waals surface area contributed by atoms with E-state index < -0.39 is 0 Å². The van der Waals surface area contributed by atoms with Crippen LogP contribution in [0.3, 0.4) is 0 Å². The van der Waals surface area contributed by atoms with Gasteiger partial charge in [0.15, 0.2) is 0 Å². The Morgan fingerprint density at radius 2 is 1.90 bits per heavy atom. The van der Waals surface area contributed by atoms with Gasteiger partial charge in [0.2, 0.25) is 0 Å². The minimum absolute atomic E-state index is 0.145. The second kappa shape index (κ2) is 8.76. The Kier molecular flexibility index (Phi) is 7.33. The highest BCUT2D eigenvalue weighted by Gasteiger charge is 2.19. The van der Waals surface area contributed by atoms with Crippen LogP contribution in [0.15, 0.2) is 30.3 Å². The Bertz CT molecular complexity index is 403. The van der Waals surface area contributed by atoms with Crippen LogP contribution in [0, 0.1) is 16.7 Å². The van der Waals surface area contributed by atoms with Crippen LogP contribution in [0.1, 0.15) is 64.5 Å². The molecule has 2 nitrogen and oxygen atoms in total. The number of hydrogen-bond acceptors (Lipinski definition) is 2. The van der Waals surface area contributed by atoms with Crippen molar-refractivity contribution in [2.24, 2.45) is 5.41 Å². The van der Waals surface area contributed by atoms with Crippen LogP contribution in [-0.4, -0.2) is 6.54 Å². The van der Waals surface area contributed by atoms with Gasteiger partial charge in [-0.25, -0.2) is 0 Å². The number of unbranched alkanes of at least 4 members (excludes halogenated alkanes) is 2. The fraction of sp³-hybridized carbons (Fsp3) is 0.611. The summed E-state index contributed by atoms with van der Waals surface area (Å²) in [5.41, 5.74) is 1.50. The van der Waals surface area contributed by atoms with Crippen molar-refractivity contribution >= 4 is 0 Å². The Morgan fingerprint density at radius 1 is 1.20 bits per heavy atom. The van der Waals surface area contributed by atoms with Crippen molar-refractivity contribution in [3.63, 3.8) is 0 Å². The lowest BCUT2D eigenvalue weighted by atomic mass is 9.86. The first kappa shape index (κ1) is 16.7. The third kappa shape index (κ3) is 6.21. The average molecular weight is 272 g/mol. The SMILES string of the molecule is CCCCCC(C)(C)CNC(CC#N)c1ccccc1. The van der Waals surface area contributed by atoms with E-state index in [0.29, 0.717) is 6.42 Å². The van der Waals surface area contributed by atoms with Crippen LogP contribution in [0.25, 0.3) is 0 Å². The molecule has 0 aliphatic heterocycles. The number of nitriles is 1. The largest absolute Gasteiger partial charge is 0.309 e. The average Bonchev–Trinajstić information content (AvgIpc) is 2.44. The van der Waals surface area contributed by atoms with Crippen LogP contribution >= 0.6 is 0 Å². The fourth-order valence-corrected chi connectivity index (χ4v) is 2.43. The van der Waals surface area contributed by atoms with Crippen molar-refractivity contribution in [3.8, 4) is 6.07 Å². The van der Waals surface area contributed by atoms with Crippen LogP contribution in [-0.2, 0) is 0 Å². The normalized spacial score (nSPS) is 12.9. The van der Waals surface area contributed by atoms with E-state index in [9.17, 15) is 0 Å². The van der Waals surface area contributed by atoms with Crippen molar-refractivity contribution in [2.45, 2.75) is 58.9 Å². The number of nitrogens with zero attached hydrogens (tertiary/aromatic N) is 1. The minimum atomic E-state index is 0.145. The summed E-state index contributed by atoms with van der Waals surface area (Å²) < 4.78 is 0. The van der Waals surface area contributed by atoms with E-state index in [2.05, 4.69) is 44.3 Å². The van der Waals surface area contributed by atoms with E-state index in [0.717, 1.165) is 6.54 Å². The second-order valence-electron chi connectivity index (χ2n) is 6.33. The Morgan fingerprint density at radius 3 is 2.50 bits per heavy atom. The summed E-state index contributed by atoms with van der Waals surface area (Å²) in [7, 11) is 0. The Hall–Kier alpha value is -1.33. The van der Waals surface area contributed by atoms with Gasteiger partial charge in [0, 0.05) is 12.6 Å². The lowest BCUT2D eigenvalue weighted by molar-refractivity contribution is 0.288. The van der Waals surface area contributed by atoms with Gasteiger partial charge in [0.05, 0.1) is 12.5 Å². The second-order valence-corrected chi connectivity index (χ2v) is 6.33. The van der Waals surface area contributed by atoms with Gasteiger partial charge in [-0.2, -0.15) is 5.26 Å². The third-order valence-electron chi connectivity index (χ3n) is 3.78. The molecule has 110 valence electrons. The maximum atomic E-state index is 9.01. The molecule has 2 heteroatoms. The van der Waals surface area contributed by atoms with Crippen molar-refractivity contribution in [2.75, 3.05) is 6.54 Å². The van der Waals surface area contributed by atoms with Crippen molar-refractivity contribution in [1.82, 2.24) is 5.32 Å². The zero-order valence-electron chi connectivity index (χ0n) is 13.2. The molecular weight excluding hydrogens is 244 g/mol. The van der Waals surface area contributed by atoms with Gasteiger partial charge in [0.25, 0.3) is 0 Å². The Balaban J connectivity index is 2.53. The molecule has 0 saturated heterocycles. The maximum Gasteiger partial charge on any atom is 0.0641 e. The highest BCUT2D eigenvalue weighted by atomic mass is 14.9. The Labute approximate surface area is 124 Å². The summed E-state index contributed by atoms with van der Waals surface area (Å²) in [5, 5.41) is 12.6. The summed E-state index contributed by atoms with van der Waals surface area (Å²) in [6.07, 6.45) is 5.63. The zero-order valence-corrected chi connectivity index (χ0v) is 13.2. The molecule has 0 radical (unpaired) electrons. The van der Waals surface area contributed by atoms with Gasteiger partial charge in [-0.15, -0.1) is 0 Å². The van der Waals surface area contributed by atoms with Gasteiger partial charge in [-0.05, 0) is 17.4 Å². The molecular formula is C18H28N2. The molecule has 0 amide bonds. The lowest BCUT2D eigenvalue weighted by Crippen LogP contribution is -2.32. The molecule has 1 rings (SSSR count). The van der Waals surface area contributed by atoms with Crippen LogP contribution in [0.4, 0.5) is 0 Å². The summed E-state index contributed by atoms with van der Waals surface area (Å²) in [6, 6.07) is 12.7. The zero-order chi connectivity index (χ0) is 14.8. The fourth-order valence-electron chi connectivity index (χ4n) is 2.43. The molecule has 1 atom stereocenters. The molecule has 0 aromatic heterocycles. The van der Waals surface area contributed by atoms with E-state index in [1.54, 1.807) is 0 Å². The first-order valence-corrected chi connectivity index (χ1v) is 7.74. The molecule has 1 aromatic rings. The molecule has 0 bridgehead atoms. The van der Waals surface area contributed by atoms with E-state index >= 15 is 0 Å². The molecule has 0 heterocycles. The summed E-state index contributed by atoms with van der Waals surface area (Å²) in [6.45, 7) is 7.82. The first-order valence-electron chi connectivity index (χ1n) is 7.74. The summed E-state index contributed by atoms with van der Waals surface area (Å²) in [4.78, 5) is 0. The number of benzene rings is 1. The van der Waals surface area contributed by atoms with Gasteiger partial charge in [-0.1, -0.05) is 70.4 Å². The molecule has 1 unspecified atom stereocenters. The van der Waals surface area contributed by atoms with E-state index in [1.165, 1.54) is 31.2 Å². The van der Waals surface area contributed by atoms with Gasteiger partial charge < -0.3 is 5.32 Å². The van der Waals surface area contributed by atoms with E-state index in [-0.39, 0.29) is 11.5 Å². The first-order chi connectivity index (χ1) is 9.59. The van der Waals surface area contributed by atoms with Gasteiger partial charge in [-0.3, -0.25) is 0 Å². The van der Waals surface area contributed by atoms with E-state index in [1.807, 2.05) is 18.2 Å². The summed E-state index contributed by atoms with van der Waals surface area (Å²) in [5.74, 6) is 0. The highest BCUT2D eigenvalue weighted by Crippen LogP contribution is 2.25. The topological polar surface area (TPSA) is 35.8 Å². The maximum absolute atomic E-state index is 9.01.